The Morgan fingerprint density at radius 1 is 1.70 bits per heavy atom. The third kappa shape index (κ3) is 0.974. The van der Waals surface area contributed by atoms with Crippen LogP contribution in [0.4, 0.5) is 5.82 Å². The third-order valence-electron chi connectivity index (χ3n) is 1.49. The Labute approximate surface area is 59.1 Å². The fourth-order valence-electron chi connectivity index (χ4n) is 0.943. The first-order chi connectivity index (χ1) is 4.79. The number of nitrogens with two attached hydrogens (primary N) is 1. The molecular formula is C6H11N3O. The van der Waals surface area contributed by atoms with Crippen molar-refractivity contribution in [2.24, 2.45) is 0 Å². The number of anilines is 1. The maximum Gasteiger partial charge on any atom is 0.122 e. The summed E-state index contributed by atoms with van der Waals surface area (Å²) in [5.74, 6) is 0.562. The SMILES string of the molecule is CCc1c(CO)n[nH]c1N. The highest BCUT2D eigenvalue weighted by Gasteiger charge is 2.06. The number of aromatic amines is 1. The van der Waals surface area contributed by atoms with Crippen LogP contribution in [0.5, 0.6) is 0 Å². The van der Waals surface area contributed by atoms with E-state index in [0.29, 0.717) is 11.5 Å². The summed E-state index contributed by atoms with van der Waals surface area (Å²) in [7, 11) is 0. The van der Waals surface area contributed by atoms with Gasteiger partial charge in [0, 0.05) is 5.56 Å². The fraction of sp³-hybridized carbons (Fsp3) is 0.500. The van der Waals surface area contributed by atoms with E-state index in [2.05, 4.69) is 10.2 Å². The minimum absolute atomic E-state index is 0.0448. The molecule has 10 heavy (non-hydrogen) atoms. The van der Waals surface area contributed by atoms with E-state index >= 15 is 0 Å². The molecule has 4 N–H and O–H groups in total. The van der Waals surface area contributed by atoms with E-state index in [4.69, 9.17) is 10.8 Å². The third-order valence-corrected chi connectivity index (χ3v) is 1.49. The lowest BCUT2D eigenvalue weighted by molar-refractivity contribution is 0.275. The first-order valence-electron chi connectivity index (χ1n) is 3.22. The van der Waals surface area contributed by atoms with Crippen molar-refractivity contribution in [2.75, 3.05) is 5.73 Å². The Hall–Kier alpha value is -1.03. The van der Waals surface area contributed by atoms with E-state index in [1.807, 2.05) is 6.92 Å². The molecule has 0 aromatic carbocycles. The normalized spacial score (nSPS) is 10.2. The molecule has 1 rings (SSSR count). The average Bonchev–Trinajstić information content (AvgIpc) is 2.30. The number of aliphatic hydroxyl groups excluding tert-OH is 1. The van der Waals surface area contributed by atoms with Crippen LogP contribution < -0.4 is 5.73 Å². The van der Waals surface area contributed by atoms with Crippen molar-refractivity contribution in [3.8, 4) is 0 Å². The molecule has 56 valence electrons. The number of hydrogen-bond acceptors (Lipinski definition) is 3. The summed E-state index contributed by atoms with van der Waals surface area (Å²) >= 11 is 0. The molecule has 4 nitrogen and oxygen atoms in total. The lowest BCUT2D eigenvalue weighted by atomic mass is 10.2. The van der Waals surface area contributed by atoms with Gasteiger partial charge in [-0.15, -0.1) is 0 Å². The molecule has 0 saturated carbocycles. The van der Waals surface area contributed by atoms with Crippen LogP contribution in [0.1, 0.15) is 18.2 Å². The zero-order chi connectivity index (χ0) is 7.56. The topological polar surface area (TPSA) is 74.9 Å². The summed E-state index contributed by atoms with van der Waals surface area (Å²) in [6, 6.07) is 0. The van der Waals surface area contributed by atoms with Gasteiger partial charge in [-0.25, -0.2) is 0 Å². The highest BCUT2D eigenvalue weighted by molar-refractivity contribution is 5.41. The van der Waals surface area contributed by atoms with Gasteiger partial charge in [-0.2, -0.15) is 5.10 Å². The van der Waals surface area contributed by atoms with Crippen LogP contribution in [0.15, 0.2) is 0 Å². The number of hydrogen-bond donors (Lipinski definition) is 3. The van der Waals surface area contributed by atoms with E-state index in [0.717, 1.165) is 12.0 Å². The Bertz CT molecular complexity index is 219. The number of aromatic nitrogens is 2. The van der Waals surface area contributed by atoms with Crippen molar-refractivity contribution in [1.29, 1.82) is 0 Å². The molecule has 0 saturated heterocycles. The smallest absolute Gasteiger partial charge is 0.122 e. The molecule has 0 spiro atoms. The highest BCUT2D eigenvalue weighted by Crippen LogP contribution is 2.12. The molecular weight excluding hydrogens is 130 g/mol. The minimum atomic E-state index is -0.0448. The van der Waals surface area contributed by atoms with Gasteiger partial charge in [-0.05, 0) is 6.42 Å². The molecule has 0 bridgehead atoms. The highest BCUT2D eigenvalue weighted by atomic mass is 16.3. The van der Waals surface area contributed by atoms with Crippen LogP contribution in [-0.2, 0) is 13.0 Å². The molecule has 0 aliphatic rings. The zero-order valence-electron chi connectivity index (χ0n) is 5.89. The summed E-state index contributed by atoms with van der Waals surface area (Å²) in [6.45, 7) is 1.93. The Kier molecular flexibility index (Phi) is 1.91. The second-order valence-electron chi connectivity index (χ2n) is 2.07. The van der Waals surface area contributed by atoms with Crippen molar-refractivity contribution in [1.82, 2.24) is 10.2 Å². The van der Waals surface area contributed by atoms with Gasteiger partial charge in [-0.1, -0.05) is 6.92 Å². The van der Waals surface area contributed by atoms with Crippen LogP contribution in [0.3, 0.4) is 0 Å². The second-order valence-corrected chi connectivity index (χ2v) is 2.07. The Morgan fingerprint density at radius 2 is 2.40 bits per heavy atom. The first-order valence-corrected chi connectivity index (χ1v) is 3.22. The molecule has 1 heterocycles. The number of aliphatic hydroxyl groups is 1. The standard InChI is InChI=1S/C6H11N3O/c1-2-4-5(3-10)8-9-6(4)7/h10H,2-3H2,1H3,(H3,7,8,9). The lowest BCUT2D eigenvalue weighted by Gasteiger charge is -1.93. The summed E-state index contributed by atoms with van der Waals surface area (Å²) in [5, 5.41) is 15.1. The van der Waals surface area contributed by atoms with E-state index < -0.39 is 0 Å². The van der Waals surface area contributed by atoms with Crippen LogP contribution >= 0.6 is 0 Å². The molecule has 1 aromatic rings. The van der Waals surface area contributed by atoms with Crippen LogP contribution in [0.25, 0.3) is 0 Å². The van der Waals surface area contributed by atoms with E-state index in [-0.39, 0.29) is 6.61 Å². The average molecular weight is 141 g/mol. The second kappa shape index (κ2) is 2.70. The van der Waals surface area contributed by atoms with E-state index in [1.165, 1.54) is 0 Å². The van der Waals surface area contributed by atoms with Gasteiger partial charge < -0.3 is 10.8 Å². The van der Waals surface area contributed by atoms with Gasteiger partial charge in [0.2, 0.25) is 0 Å². The predicted octanol–water partition coefficient (Wildman–Crippen LogP) is 0.0466. The van der Waals surface area contributed by atoms with Crippen molar-refractivity contribution in [3.05, 3.63) is 11.3 Å². The largest absolute Gasteiger partial charge is 0.390 e. The molecule has 0 atom stereocenters. The molecule has 0 aliphatic heterocycles. The monoisotopic (exact) mass is 141 g/mol. The summed E-state index contributed by atoms with van der Waals surface area (Å²) < 4.78 is 0. The number of nitrogens with one attached hydrogen (secondary N) is 1. The molecule has 0 fully saturated rings. The van der Waals surface area contributed by atoms with Gasteiger partial charge in [0.25, 0.3) is 0 Å². The predicted molar refractivity (Wildman–Crippen MR) is 38.3 cm³/mol. The van der Waals surface area contributed by atoms with Crippen molar-refractivity contribution >= 4 is 5.82 Å². The molecule has 0 unspecified atom stereocenters. The number of H-pyrrole nitrogens is 1. The van der Waals surface area contributed by atoms with Gasteiger partial charge >= 0.3 is 0 Å². The van der Waals surface area contributed by atoms with E-state index in [1.54, 1.807) is 0 Å². The van der Waals surface area contributed by atoms with Crippen molar-refractivity contribution < 1.29 is 5.11 Å². The molecule has 1 aromatic heterocycles. The van der Waals surface area contributed by atoms with Gasteiger partial charge in [0.1, 0.15) is 5.82 Å². The Balaban J connectivity index is 3.01. The number of rotatable bonds is 2. The zero-order valence-corrected chi connectivity index (χ0v) is 5.89. The van der Waals surface area contributed by atoms with Crippen molar-refractivity contribution in [3.63, 3.8) is 0 Å². The molecule has 0 radical (unpaired) electrons. The quantitative estimate of drug-likeness (QED) is 0.544. The number of nitrogen functional groups attached to an aromatic ring is 1. The summed E-state index contributed by atoms with van der Waals surface area (Å²) in [5.41, 5.74) is 7.07. The molecule has 0 amide bonds. The Morgan fingerprint density at radius 3 is 2.80 bits per heavy atom. The lowest BCUT2D eigenvalue weighted by Crippen LogP contribution is -1.92. The maximum atomic E-state index is 8.72. The van der Waals surface area contributed by atoms with Crippen LogP contribution in [0, 0.1) is 0 Å². The van der Waals surface area contributed by atoms with Crippen LogP contribution in [-0.4, -0.2) is 15.3 Å². The van der Waals surface area contributed by atoms with Crippen molar-refractivity contribution in [2.45, 2.75) is 20.0 Å². The summed E-state index contributed by atoms with van der Waals surface area (Å²) in [6.07, 6.45) is 0.804. The van der Waals surface area contributed by atoms with Gasteiger partial charge in [-0.3, -0.25) is 5.10 Å². The minimum Gasteiger partial charge on any atom is -0.390 e. The number of nitrogens with zero attached hydrogens (tertiary/aromatic N) is 1. The fourth-order valence-corrected chi connectivity index (χ4v) is 0.943. The first kappa shape index (κ1) is 7.08. The van der Waals surface area contributed by atoms with Gasteiger partial charge in [0.15, 0.2) is 0 Å². The molecule has 4 heteroatoms. The van der Waals surface area contributed by atoms with Crippen LogP contribution in [0.2, 0.25) is 0 Å². The molecule has 0 aliphatic carbocycles. The maximum absolute atomic E-state index is 8.72. The van der Waals surface area contributed by atoms with Gasteiger partial charge in [0.05, 0.1) is 12.3 Å². The summed E-state index contributed by atoms with van der Waals surface area (Å²) in [4.78, 5) is 0. The van der Waals surface area contributed by atoms with E-state index in [9.17, 15) is 0 Å².